The van der Waals surface area contributed by atoms with Crippen molar-refractivity contribution in [2.45, 2.75) is 77.5 Å². The third-order valence-corrected chi connectivity index (χ3v) is 9.28. The fourth-order valence-electron chi connectivity index (χ4n) is 5.87. The number of amides is 4. The molecule has 19 nitrogen and oxygen atoms in total. The monoisotopic (exact) mass is 871 g/mol. The van der Waals surface area contributed by atoms with Gasteiger partial charge >= 0.3 is 6.16 Å². The highest BCUT2D eigenvalue weighted by Crippen LogP contribution is 2.23. The second-order valence-corrected chi connectivity index (χ2v) is 14.6. The Hall–Kier alpha value is -5.47. The molecule has 0 aromatic heterocycles. The van der Waals surface area contributed by atoms with Gasteiger partial charge in [0.15, 0.2) is 0 Å². The van der Waals surface area contributed by atoms with Gasteiger partial charge in [0.1, 0.15) is 25.0 Å². The van der Waals surface area contributed by atoms with Crippen molar-refractivity contribution in [2.75, 3.05) is 77.9 Å². The van der Waals surface area contributed by atoms with E-state index in [1.807, 2.05) is 0 Å². The second kappa shape index (κ2) is 29.7. The molecular formula is C43H61N5O14. The van der Waals surface area contributed by atoms with Crippen LogP contribution in [0.3, 0.4) is 0 Å². The second-order valence-electron chi connectivity index (χ2n) is 14.6. The molecule has 2 unspecified atom stereocenters. The van der Waals surface area contributed by atoms with Crippen LogP contribution in [0.25, 0.3) is 0 Å². The molecule has 3 rings (SSSR count). The Kier molecular flexibility index (Phi) is 24.4. The Bertz CT molecular complexity index is 1710. The van der Waals surface area contributed by atoms with Gasteiger partial charge in [0.05, 0.1) is 70.4 Å². The summed E-state index contributed by atoms with van der Waals surface area (Å²) in [6.45, 7) is 10.1. The Morgan fingerprint density at radius 3 is 2.05 bits per heavy atom. The van der Waals surface area contributed by atoms with Gasteiger partial charge in [0, 0.05) is 30.8 Å². The quantitative estimate of drug-likeness (QED) is 0.0232. The predicted octanol–water partition coefficient (Wildman–Crippen LogP) is 4.37. The zero-order valence-electron chi connectivity index (χ0n) is 35.7. The van der Waals surface area contributed by atoms with Gasteiger partial charge in [-0.1, -0.05) is 51.8 Å². The number of nitrogens with zero attached hydrogens (tertiary/aromatic N) is 1. The molecule has 2 aromatic rings. The molecular weight excluding hydrogens is 810 g/mol. The molecule has 19 heteroatoms. The van der Waals surface area contributed by atoms with Crippen LogP contribution in [0.5, 0.6) is 5.75 Å². The van der Waals surface area contributed by atoms with Crippen molar-refractivity contribution in [1.29, 1.82) is 0 Å². The van der Waals surface area contributed by atoms with Gasteiger partial charge in [-0.25, -0.2) is 4.79 Å². The molecule has 4 N–H and O–H groups in total. The van der Waals surface area contributed by atoms with Crippen molar-refractivity contribution in [1.82, 2.24) is 16.0 Å². The van der Waals surface area contributed by atoms with Gasteiger partial charge in [-0.3, -0.25) is 29.3 Å². The summed E-state index contributed by atoms with van der Waals surface area (Å²) in [6.07, 6.45) is 5.48. The van der Waals surface area contributed by atoms with E-state index in [-0.39, 0.29) is 74.7 Å². The van der Waals surface area contributed by atoms with Crippen LogP contribution >= 0.6 is 0 Å². The van der Waals surface area contributed by atoms with Gasteiger partial charge < -0.3 is 54.4 Å². The van der Waals surface area contributed by atoms with E-state index in [1.54, 1.807) is 38.1 Å². The largest absolute Gasteiger partial charge is 0.514 e. The lowest BCUT2D eigenvalue weighted by atomic mass is 9.95. The van der Waals surface area contributed by atoms with Crippen molar-refractivity contribution in [3.63, 3.8) is 0 Å². The molecule has 62 heavy (non-hydrogen) atoms. The van der Waals surface area contributed by atoms with Crippen molar-refractivity contribution < 1.29 is 62.1 Å². The zero-order chi connectivity index (χ0) is 45.0. The van der Waals surface area contributed by atoms with Gasteiger partial charge in [0.2, 0.25) is 23.6 Å². The number of ether oxygens (including phenoxy) is 7. The number of nitro benzene ring substituents is 1. The smallest absolute Gasteiger partial charge is 0.429 e. The van der Waals surface area contributed by atoms with Crippen molar-refractivity contribution in [3.8, 4) is 5.75 Å². The number of hydrogen-bond donors (Lipinski definition) is 4. The molecule has 4 amide bonds. The maximum Gasteiger partial charge on any atom is 0.514 e. The maximum atomic E-state index is 12.8. The van der Waals surface area contributed by atoms with E-state index in [9.17, 15) is 34.1 Å². The van der Waals surface area contributed by atoms with E-state index in [0.717, 1.165) is 31.3 Å². The number of hydrogen-bond acceptors (Lipinski definition) is 14. The molecule has 2 aromatic carbocycles. The first-order valence-corrected chi connectivity index (χ1v) is 20.8. The number of benzene rings is 2. The summed E-state index contributed by atoms with van der Waals surface area (Å²) < 4.78 is 37.8. The lowest BCUT2D eigenvalue weighted by Gasteiger charge is -2.22. The number of rotatable bonds is 28. The third-order valence-electron chi connectivity index (χ3n) is 9.28. The average Bonchev–Trinajstić information content (AvgIpc) is 3.24. The summed E-state index contributed by atoms with van der Waals surface area (Å²) in [7, 11) is 0. The van der Waals surface area contributed by atoms with E-state index in [2.05, 4.69) is 27.8 Å². The fraction of sp³-hybridized carbons (Fsp3) is 0.558. The van der Waals surface area contributed by atoms with Crippen LogP contribution in [0, 0.1) is 16.0 Å². The Balaban J connectivity index is 1.15. The summed E-state index contributed by atoms with van der Waals surface area (Å²) in [4.78, 5) is 72.1. The van der Waals surface area contributed by atoms with Gasteiger partial charge in [0.25, 0.3) is 5.69 Å². The molecule has 1 aliphatic rings. The van der Waals surface area contributed by atoms with E-state index in [4.69, 9.17) is 33.2 Å². The summed E-state index contributed by atoms with van der Waals surface area (Å²) in [6, 6.07) is 10.5. The van der Waals surface area contributed by atoms with Crippen LogP contribution in [0.1, 0.15) is 64.4 Å². The number of anilines is 1. The fourth-order valence-corrected chi connectivity index (χ4v) is 5.87. The Morgan fingerprint density at radius 2 is 1.40 bits per heavy atom. The van der Waals surface area contributed by atoms with Crippen LogP contribution in [0.2, 0.25) is 0 Å². The van der Waals surface area contributed by atoms with Crippen LogP contribution < -0.4 is 26.0 Å². The summed E-state index contributed by atoms with van der Waals surface area (Å²) in [5, 5.41) is 21.4. The van der Waals surface area contributed by atoms with Crippen LogP contribution in [0.4, 0.5) is 16.2 Å². The molecule has 0 aliphatic heterocycles. The summed E-state index contributed by atoms with van der Waals surface area (Å²) >= 11 is 0. The standard InChI is InChI=1S/C43H61N5O14/c1-31(2)41(42(52)45-28-39(50)46-34-12-10-33(11-13-34)29-61-43(53)62-36-16-14-35(15-17-36)48(54)55)47-38(49)18-20-56-22-24-58-26-27-59-25-23-57-21-19-44-40(51)30-60-37-9-7-5-4-6-8-32(37)3/h10-17,31,37,41H,3-9,18-30H2,1-2H3,(H,44,51)(H,45,52)(H,46,50)(H,47,49). The highest BCUT2D eigenvalue weighted by atomic mass is 16.7. The molecule has 0 spiro atoms. The minimum absolute atomic E-state index is 0.0152. The molecule has 1 fully saturated rings. The van der Waals surface area contributed by atoms with Gasteiger partial charge in [-0.05, 0) is 60.6 Å². The van der Waals surface area contributed by atoms with Crippen molar-refractivity contribution >= 4 is 41.2 Å². The molecule has 2 atom stereocenters. The minimum atomic E-state index is -0.999. The number of nitro groups is 1. The summed E-state index contributed by atoms with van der Waals surface area (Å²) in [5.41, 5.74) is 1.95. The highest BCUT2D eigenvalue weighted by Gasteiger charge is 2.24. The van der Waals surface area contributed by atoms with Crippen molar-refractivity contribution in [2.24, 2.45) is 5.92 Å². The topological polar surface area (TPSA) is 241 Å². The lowest BCUT2D eigenvalue weighted by molar-refractivity contribution is -0.384. The highest BCUT2D eigenvalue weighted by molar-refractivity contribution is 5.96. The third kappa shape index (κ3) is 21.9. The van der Waals surface area contributed by atoms with Gasteiger partial charge in [-0.15, -0.1) is 0 Å². The first kappa shape index (κ1) is 50.9. The Morgan fingerprint density at radius 1 is 0.774 bits per heavy atom. The van der Waals surface area contributed by atoms with E-state index < -0.39 is 28.9 Å². The van der Waals surface area contributed by atoms with Gasteiger partial charge in [-0.2, -0.15) is 0 Å². The lowest BCUT2D eigenvalue weighted by Crippen LogP contribution is -2.51. The molecule has 0 bridgehead atoms. The molecule has 342 valence electrons. The van der Waals surface area contributed by atoms with Crippen molar-refractivity contribution in [3.05, 3.63) is 76.4 Å². The SMILES string of the molecule is C=C1CCCCCCC1OCC(=O)NCCOCCOCCOCCOCCC(=O)NC(C(=O)NCC(=O)Nc1ccc(COC(=O)Oc2ccc([N+](=O)[O-])cc2)cc1)C(C)C. The predicted molar refractivity (Wildman–Crippen MR) is 226 cm³/mol. The molecule has 0 heterocycles. The molecule has 0 radical (unpaired) electrons. The van der Waals surface area contributed by atoms with Crippen LogP contribution in [-0.4, -0.2) is 119 Å². The molecule has 1 saturated carbocycles. The first-order valence-electron chi connectivity index (χ1n) is 20.8. The average molecular weight is 872 g/mol. The van der Waals surface area contributed by atoms with E-state index in [1.165, 1.54) is 37.1 Å². The first-order chi connectivity index (χ1) is 29.9. The van der Waals surface area contributed by atoms with Crippen LogP contribution in [-0.2, 0) is 54.2 Å². The summed E-state index contributed by atoms with van der Waals surface area (Å²) in [5.74, 6) is -1.74. The number of non-ortho nitro benzene ring substituents is 1. The Labute approximate surface area is 362 Å². The molecule has 1 aliphatic carbocycles. The molecule has 0 saturated heterocycles. The number of carbonyl (C=O) groups excluding carboxylic acids is 5. The van der Waals surface area contributed by atoms with Crippen LogP contribution in [0.15, 0.2) is 60.7 Å². The normalized spacial score (nSPS) is 14.5. The number of carbonyl (C=O) groups is 5. The number of nitrogens with one attached hydrogen (secondary N) is 4. The zero-order valence-corrected chi connectivity index (χ0v) is 35.7. The minimum Gasteiger partial charge on any atom is -0.429 e. The maximum absolute atomic E-state index is 12.8. The van der Waals surface area contributed by atoms with E-state index >= 15 is 0 Å². The van der Waals surface area contributed by atoms with E-state index in [0.29, 0.717) is 57.4 Å².